The van der Waals surface area contributed by atoms with Gasteiger partial charge in [0, 0.05) is 6.07 Å². The monoisotopic (exact) mass is 326 g/mol. The van der Waals surface area contributed by atoms with Crippen LogP contribution in [-0.2, 0) is 10.0 Å². The summed E-state index contributed by atoms with van der Waals surface area (Å²) >= 11 is 17.3. The molecule has 5 nitrogen and oxygen atoms in total. The van der Waals surface area contributed by atoms with Gasteiger partial charge < -0.3 is 4.52 Å². The highest BCUT2D eigenvalue weighted by Gasteiger charge is 2.21. The molecular formula is C9H5Cl3N2O3S. The number of nitrogens with one attached hydrogen (secondary N) is 1. The van der Waals surface area contributed by atoms with Crippen LogP contribution in [0.25, 0.3) is 0 Å². The summed E-state index contributed by atoms with van der Waals surface area (Å²) < 4.78 is 30.7. The highest BCUT2D eigenvalue weighted by molar-refractivity contribution is 7.92. The van der Waals surface area contributed by atoms with Crippen molar-refractivity contribution in [1.82, 2.24) is 5.16 Å². The standard InChI is InChI=1S/C9H5Cl3N2O3S/c10-5-3-7(12)8(4-6(5)11)18(15,16)14-9-1-2-17-13-9/h1-4H,(H,13,14). The third kappa shape index (κ3) is 2.72. The average Bonchev–Trinajstić information content (AvgIpc) is 2.75. The molecule has 2 aromatic rings. The number of hydrogen-bond acceptors (Lipinski definition) is 4. The van der Waals surface area contributed by atoms with Gasteiger partial charge in [0.05, 0.1) is 15.1 Å². The van der Waals surface area contributed by atoms with Crippen LogP contribution in [-0.4, -0.2) is 13.6 Å². The van der Waals surface area contributed by atoms with Gasteiger partial charge >= 0.3 is 0 Å². The van der Waals surface area contributed by atoms with E-state index in [1.165, 1.54) is 18.4 Å². The summed E-state index contributed by atoms with van der Waals surface area (Å²) in [6, 6.07) is 3.76. The third-order valence-corrected chi connectivity index (χ3v) is 4.48. The lowest BCUT2D eigenvalue weighted by molar-refractivity contribution is 0.423. The molecule has 1 heterocycles. The van der Waals surface area contributed by atoms with Crippen LogP contribution in [0.5, 0.6) is 0 Å². The van der Waals surface area contributed by atoms with Crippen LogP contribution in [0.15, 0.2) is 33.9 Å². The fraction of sp³-hybridized carbons (Fsp3) is 0. The highest BCUT2D eigenvalue weighted by atomic mass is 35.5. The minimum atomic E-state index is -3.90. The average molecular weight is 328 g/mol. The molecule has 1 aromatic carbocycles. The number of rotatable bonds is 3. The number of benzene rings is 1. The summed E-state index contributed by atoms with van der Waals surface area (Å²) in [4.78, 5) is -0.193. The van der Waals surface area contributed by atoms with Crippen molar-refractivity contribution >= 4 is 50.6 Å². The van der Waals surface area contributed by atoms with Crippen LogP contribution < -0.4 is 4.72 Å². The molecule has 0 saturated carbocycles. The molecule has 0 fully saturated rings. The van der Waals surface area contributed by atoms with Gasteiger partial charge in [0.25, 0.3) is 10.0 Å². The first-order chi connectivity index (χ1) is 8.40. The second kappa shape index (κ2) is 4.97. The van der Waals surface area contributed by atoms with Crippen LogP contribution in [0.2, 0.25) is 15.1 Å². The van der Waals surface area contributed by atoms with Crippen LogP contribution in [0, 0.1) is 0 Å². The molecule has 0 radical (unpaired) electrons. The quantitative estimate of drug-likeness (QED) is 0.877. The molecule has 0 aliphatic carbocycles. The lowest BCUT2D eigenvalue weighted by Crippen LogP contribution is -2.13. The Hall–Kier alpha value is -0.950. The zero-order chi connectivity index (χ0) is 13.3. The first-order valence-corrected chi connectivity index (χ1v) is 7.09. The summed E-state index contributed by atoms with van der Waals surface area (Å²) in [5.74, 6) is 0.0390. The lowest BCUT2D eigenvalue weighted by Gasteiger charge is -2.08. The van der Waals surface area contributed by atoms with Crippen LogP contribution >= 0.6 is 34.8 Å². The van der Waals surface area contributed by atoms with Gasteiger partial charge in [-0.1, -0.05) is 40.0 Å². The largest absolute Gasteiger partial charge is 0.363 e. The molecule has 96 valence electrons. The van der Waals surface area contributed by atoms with Gasteiger partial charge in [-0.15, -0.1) is 0 Å². The Morgan fingerprint density at radius 3 is 2.39 bits per heavy atom. The Balaban J connectivity index is 2.44. The van der Waals surface area contributed by atoms with Gasteiger partial charge in [-0.05, 0) is 12.1 Å². The van der Waals surface area contributed by atoms with Crippen LogP contribution in [0.3, 0.4) is 0 Å². The molecule has 0 spiro atoms. The smallest absolute Gasteiger partial charge is 0.264 e. The van der Waals surface area contributed by atoms with Crippen molar-refractivity contribution in [1.29, 1.82) is 0 Å². The number of aromatic nitrogens is 1. The normalized spacial score (nSPS) is 11.5. The fourth-order valence-electron chi connectivity index (χ4n) is 1.17. The van der Waals surface area contributed by atoms with E-state index in [9.17, 15) is 8.42 Å². The van der Waals surface area contributed by atoms with Crippen molar-refractivity contribution in [3.05, 3.63) is 39.5 Å². The van der Waals surface area contributed by atoms with Gasteiger partial charge in [0.2, 0.25) is 0 Å². The Labute approximate surface area is 118 Å². The van der Waals surface area contributed by atoms with Gasteiger partial charge in [0.1, 0.15) is 11.2 Å². The third-order valence-electron chi connectivity index (χ3n) is 1.94. The first kappa shape index (κ1) is 13.5. The van der Waals surface area contributed by atoms with Gasteiger partial charge in [-0.25, -0.2) is 8.42 Å². The number of hydrogen-bond donors (Lipinski definition) is 1. The maximum Gasteiger partial charge on any atom is 0.264 e. The molecule has 2 rings (SSSR count). The van der Waals surface area contributed by atoms with Crippen LogP contribution in [0.4, 0.5) is 5.82 Å². The number of anilines is 1. The van der Waals surface area contributed by atoms with E-state index in [-0.39, 0.29) is 25.8 Å². The van der Waals surface area contributed by atoms with Crippen LogP contribution in [0.1, 0.15) is 0 Å². The molecule has 18 heavy (non-hydrogen) atoms. The highest BCUT2D eigenvalue weighted by Crippen LogP contribution is 2.32. The fourth-order valence-corrected chi connectivity index (χ4v) is 3.16. The number of halogens is 3. The van der Waals surface area contributed by atoms with Crippen molar-refractivity contribution in [2.45, 2.75) is 4.90 Å². The lowest BCUT2D eigenvalue weighted by atomic mass is 10.4. The molecule has 9 heteroatoms. The van der Waals surface area contributed by atoms with E-state index in [2.05, 4.69) is 14.4 Å². The zero-order valence-electron chi connectivity index (χ0n) is 8.52. The summed E-state index contributed by atoms with van der Waals surface area (Å²) in [6.07, 6.45) is 1.23. The predicted molar refractivity (Wildman–Crippen MR) is 68.8 cm³/mol. The minimum Gasteiger partial charge on any atom is -0.363 e. The molecule has 0 unspecified atom stereocenters. The molecule has 0 bridgehead atoms. The summed E-state index contributed by atoms with van der Waals surface area (Å²) in [5, 5.41) is 3.64. The summed E-state index contributed by atoms with van der Waals surface area (Å²) in [5.41, 5.74) is 0. The van der Waals surface area contributed by atoms with E-state index in [1.54, 1.807) is 0 Å². The van der Waals surface area contributed by atoms with Crippen molar-refractivity contribution in [2.75, 3.05) is 4.72 Å². The molecule has 1 N–H and O–H groups in total. The Morgan fingerprint density at radius 2 is 1.78 bits per heavy atom. The van der Waals surface area contributed by atoms with Gasteiger partial charge in [-0.2, -0.15) is 0 Å². The molecule has 0 aliphatic rings. The SMILES string of the molecule is O=S(=O)(Nc1ccon1)c1cc(Cl)c(Cl)cc1Cl. The Bertz CT molecular complexity index is 671. The van der Waals surface area contributed by atoms with E-state index in [0.29, 0.717) is 0 Å². The van der Waals surface area contributed by atoms with E-state index < -0.39 is 10.0 Å². The first-order valence-electron chi connectivity index (χ1n) is 4.48. The Morgan fingerprint density at radius 1 is 1.11 bits per heavy atom. The summed E-state index contributed by atoms with van der Waals surface area (Å²) in [6.45, 7) is 0. The second-order valence-electron chi connectivity index (χ2n) is 3.19. The zero-order valence-corrected chi connectivity index (χ0v) is 11.6. The number of nitrogens with zero attached hydrogens (tertiary/aromatic N) is 1. The number of sulfonamides is 1. The molecule has 0 atom stereocenters. The minimum absolute atomic E-state index is 0.0390. The Kier molecular flexibility index (Phi) is 3.72. The van der Waals surface area contributed by atoms with E-state index >= 15 is 0 Å². The van der Waals surface area contributed by atoms with Crippen molar-refractivity contribution in [3.63, 3.8) is 0 Å². The van der Waals surface area contributed by atoms with Crippen molar-refractivity contribution in [3.8, 4) is 0 Å². The predicted octanol–water partition coefficient (Wildman–Crippen LogP) is 3.44. The second-order valence-corrected chi connectivity index (χ2v) is 6.06. The molecule has 0 aliphatic heterocycles. The molecule has 0 saturated heterocycles. The van der Waals surface area contributed by atoms with E-state index in [1.807, 2.05) is 0 Å². The van der Waals surface area contributed by atoms with Gasteiger partial charge in [-0.3, -0.25) is 4.72 Å². The van der Waals surface area contributed by atoms with Gasteiger partial charge in [0.15, 0.2) is 5.82 Å². The molecule has 1 aromatic heterocycles. The van der Waals surface area contributed by atoms with E-state index in [0.717, 1.165) is 6.07 Å². The maximum absolute atomic E-state index is 12.0. The van der Waals surface area contributed by atoms with Crippen molar-refractivity contribution in [2.24, 2.45) is 0 Å². The summed E-state index contributed by atoms with van der Waals surface area (Å²) in [7, 11) is -3.90. The molecular weight excluding hydrogens is 323 g/mol. The molecule has 0 amide bonds. The van der Waals surface area contributed by atoms with Crippen molar-refractivity contribution < 1.29 is 12.9 Å². The topological polar surface area (TPSA) is 72.2 Å². The van der Waals surface area contributed by atoms with E-state index in [4.69, 9.17) is 34.8 Å². The maximum atomic E-state index is 12.0.